The van der Waals surface area contributed by atoms with Gasteiger partial charge < -0.3 is 10.6 Å². The molecule has 0 aromatic carbocycles. The maximum absolute atomic E-state index is 4.39. The number of nitrogens with zero attached hydrogens (tertiary/aromatic N) is 4. The lowest BCUT2D eigenvalue weighted by atomic mass is 10.1. The molecule has 0 amide bonds. The Morgan fingerprint density at radius 3 is 2.48 bits per heavy atom. The Morgan fingerprint density at radius 2 is 1.86 bits per heavy atom. The molecule has 0 aliphatic heterocycles. The van der Waals surface area contributed by atoms with E-state index in [0.717, 1.165) is 44.0 Å². The minimum absolute atomic E-state index is 0.838. The fourth-order valence-corrected chi connectivity index (χ4v) is 2.30. The SMILES string of the molecule is CCCc1c(NCC)ncnc1NCCc1cnn(C)c1. The molecule has 114 valence electrons. The van der Waals surface area contributed by atoms with Crippen molar-refractivity contribution >= 4 is 11.6 Å². The summed E-state index contributed by atoms with van der Waals surface area (Å²) in [6.07, 6.45) is 8.53. The molecule has 6 heteroatoms. The second-order valence-electron chi connectivity index (χ2n) is 5.03. The minimum atomic E-state index is 0.838. The summed E-state index contributed by atoms with van der Waals surface area (Å²) in [6.45, 7) is 5.95. The summed E-state index contributed by atoms with van der Waals surface area (Å²) in [5.41, 5.74) is 2.40. The van der Waals surface area contributed by atoms with Crippen molar-refractivity contribution in [3.05, 3.63) is 29.8 Å². The lowest BCUT2D eigenvalue weighted by molar-refractivity contribution is 0.766. The van der Waals surface area contributed by atoms with Crippen LogP contribution in [0.1, 0.15) is 31.4 Å². The Hall–Kier alpha value is -2.11. The highest BCUT2D eigenvalue weighted by atomic mass is 15.2. The lowest BCUT2D eigenvalue weighted by Gasteiger charge is -2.14. The number of rotatable bonds is 8. The van der Waals surface area contributed by atoms with E-state index in [2.05, 4.69) is 39.5 Å². The van der Waals surface area contributed by atoms with Crippen LogP contribution in [0.5, 0.6) is 0 Å². The molecule has 2 N–H and O–H groups in total. The Labute approximate surface area is 126 Å². The van der Waals surface area contributed by atoms with Crippen molar-refractivity contribution < 1.29 is 0 Å². The Kier molecular flexibility index (Phi) is 5.54. The number of nitrogens with one attached hydrogen (secondary N) is 2. The quantitative estimate of drug-likeness (QED) is 0.780. The van der Waals surface area contributed by atoms with Crippen molar-refractivity contribution in [2.24, 2.45) is 7.05 Å². The van der Waals surface area contributed by atoms with Gasteiger partial charge in [-0.15, -0.1) is 0 Å². The largest absolute Gasteiger partial charge is 0.370 e. The third-order valence-electron chi connectivity index (χ3n) is 3.25. The molecule has 21 heavy (non-hydrogen) atoms. The summed E-state index contributed by atoms with van der Waals surface area (Å²) < 4.78 is 1.83. The van der Waals surface area contributed by atoms with Crippen LogP contribution < -0.4 is 10.6 Å². The summed E-state index contributed by atoms with van der Waals surface area (Å²) >= 11 is 0. The van der Waals surface area contributed by atoms with Crippen molar-refractivity contribution in [3.63, 3.8) is 0 Å². The smallest absolute Gasteiger partial charge is 0.134 e. The monoisotopic (exact) mass is 288 g/mol. The molecular formula is C15H24N6. The molecule has 2 aromatic heterocycles. The molecule has 2 heterocycles. The van der Waals surface area contributed by atoms with Crippen LogP contribution in [0.2, 0.25) is 0 Å². The highest BCUT2D eigenvalue weighted by Crippen LogP contribution is 2.21. The molecule has 0 aliphatic rings. The number of anilines is 2. The standard InChI is InChI=1S/C15H24N6/c1-4-6-13-14(16-5-2)18-11-19-15(13)17-8-7-12-9-20-21(3)10-12/h9-11H,4-8H2,1-3H3,(H2,16,17,18,19). The van der Waals surface area contributed by atoms with Crippen LogP contribution in [0.25, 0.3) is 0 Å². The molecule has 0 saturated heterocycles. The molecule has 0 atom stereocenters. The van der Waals surface area contributed by atoms with E-state index >= 15 is 0 Å². The second-order valence-corrected chi connectivity index (χ2v) is 5.03. The first-order valence-electron chi connectivity index (χ1n) is 7.53. The van der Waals surface area contributed by atoms with E-state index in [4.69, 9.17) is 0 Å². The molecule has 0 saturated carbocycles. The van der Waals surface area contributed by atoms with Gasteiger partial charge in [0.05, 0.1) is 6.20 Å². The van der Waals surface area contributed by atoms with Gasteiger partial charge in [0.2, 0.25) is 0 Å². The first-order valence-corrected chi connectivity index (χ1v) is 7.53. The molecule has 0 radical (unpaired) electrons. The predicted octanol–water partition coefficient (Wildman–Crippen LogP) is 2.25. The van der Waals surface area contributed by atoms with Crippen molar-refractivity contribution in [1.29, 1.82) is 0 Å². The summed E-state index contributed by atoms with van der Waals surface area (Å²) in [5.74, 6) is 1.88. The Bertz CT molecular complexity index is 563. The predicted molar refractivity (Wildman–Crippen MR) is 85.6 cm³/mol. The van der Waals surface area contributed by atoms with Crippen molar-refractivity contribution in [2.45, 2.75) is 33.1 Å². The zero-order valence-corrected chi connectivity index (χ0v) is 13.1. The van der Waals surface area contributed by atoms with Crippen LogP contribution in [-0.4, -0.2) is 32.8 Å². The molecule has 0 unspecified atom stereocenters. The molecule has 2 rings (SSSR count). The summed E-state index contributed by atoms with van der Waals surface area (Å²) in [4.78, 5) is 8.74. The average Bonchev–Trinajstić information content (AvgIpc) is 2.88. The van der Waals surface area contributed by atoms with Crippen molar-refractivity contribution in [1.82, 2.24) is 19.7 Å². The second kappa shape index (κ2) is 7.61. The maximum Gasteiger partial charge on any atom is 0.134 e. The van der Waals surface area contributed by atoms with Crippen LogP contribution in [0.15, 0.2) is 18.7 Å². The van der Waals surface area contributed by atoms with Gasteiger partial charge in [0.15, 0.2) is 0 Å². The van der Waals surface area contributed by atoms with Gasteiger partial charge in [-0.2, -0.15) is 5.10 Å². The number of hydrogen-bond acceptors (Lipinski definition) is 5. The molecular weight excluding hydrogens is 264 g/mol. The highest BCUT2D eigenvalue weighted by Gasteiger charge is 2.09. The first-order chi connectivity index (χ1) is 10.2. The molecule has 0 spiro atoms. The van der Waals surface area contributed by atoms with E-state index in [9.17, 15) is 0 Å². The molecule has 2 aromatic rings. The van der Waals surface area contributed by atoms with Gasteiger partial charge in [-0.05, 0) is 25.3 Å². The minimum Gasteiger partial charge on any atom is -0.370 e. The number of hydrogen-bond donors (Lipinski definition) is 2. The van der Waals surface area contributed by atoms with Crippen LogP contribution in [0.3, 0.4) is 0 Å². The van der Waals surface area contributed by atoms with Crippen LogP contribution in [0, 0.1) is 0 Å². The summed E-state index contributed by atoms with van der Waals surface area (Å²) in [6, 6.07) is 0. The molecule has 0 aliphatic carbocycles. The normalized spacial score (nSPS) is 10.6. The van der Waals surface area contributed by atoms with Gasteiger partial charge in [-0.3, -0.25) is 4.68 Å². The van der Waals surface area contributed by atoms with Crippen LogP contribution >= 0.6 is 0 Å². The van der Waals surface area contributed by atoms with E-state index < -0.39 is 0 Å². The Morgan fingerprint density at radius 1 is 1.10 bits per heavy atom. The van der Waals surface area contributed by atoms with E-state index in [1.54, 1.807) is 6.33 Å². The lowest BCUT2D eigenvalue weighted by Crippen LogP contribution is -2.12. The third-order valence-corrected chi connectivity index (χ3v) is 3.25. The van der Waals surface area contributed by atoms with E-state index in [-0.39, 0.29) is 0 Å². The van der Waals surface area contributed by atoms with Gasteiger partial charge in [0.25, 0.3) is 0 Å². The van der Waals surface area contributed by atoms with E-state index in [1.165, 1.54) is 11.1 Å². The van der Waals surface area contributed by atoms with Crippen molar-refractivity contribution in [2.75, 3.05) is 23.7 Å². The average molecular weight is 288 g/mol. The molecule has 0 fully saturated rings. The van der Waals surface area contributed by atoms with Gasteiger partial charge in [-0.25, -0.2) is 9.97 Å². The first kappa shape index (κ1) is 15.3. The Balaban J connectivity index is 2.02. The highest BCUT2D eigenvalue weighted by molar-refractivity contribution is 5.57. The molecule has 6 nitrogen and oxygen atoms in total. The fourth-order valence-electron chi connectivity index (χ4n) is 2.30. The number of aryl methyl sites for hydroxylation is 1. The van der Waals surface area contributed by atoms with Gasteiger partial charge >= 0.3 is 0 Å². The van der Waals surface area contributed by atoms with Crippen LogP contribution in [-0.2, 0) is 19.9 Å². The third kappa shape index (κ3) is 4.18. The van der Waals surface area contributed by atoms with Gasteiger partial charge in [0.1, 0.15) is 18.0 Å². The van der Waals surface area contributed by atoms with Crippen LogP contribution in [0.4, 0.5) is 11.6 Å². The molecule has 0 bridgehead atoms. The summed E-state index contributed by atoms with van der Waals surface area (Å²) in [7, 11) is 1.93. The summed E-state index contributed by atoms with van der Waals surface area (Å²) in [5, 5.41) is 10.9. The topological polar surface area (TPSA) is 67.7 Å². The number of aromatic nitrogens is 4. The zero-order valence-electron chi connectivity index (χ0n) is 13.1. The van der Waals surface area contributed by atoms with Crippen molar-refractivity contribution in [3.8, 4) is 0 Å². The fraction of sp³-hybridized carbons (Fsp3) is 0.533. The van der Waals surface area contributed by atoms with Gasteiger partial charge in [-0.1, -0.05) is 13.3 Å². The van der Waals surface area contributed by atoms with E-state index in [0.29, 0.717) is 0 Å². The van der Waals surface area contributed by atoms with E-state index in [1.807, 2.05) is 24.1 Å². The zero-order chi connectivity index (χ0) is 15.1. The van der Waals surface area contributed by atoms with Gasteiger partial charge in [0, 0.05) is 31.9 Å². The maximum atomic E-state index is 4.39.